The summed E-state index contributed by atoms with van der Waals surface area (Å²) < 4.78 is 0. The van der Waals surface area contributed by atoms with E-state index in [-0.39, 0.29) is 16.9 Å². The number of carbonyl (C=O) groups excluding carboxylic acids is 2. The van der Waals surface area contributed by atoms with Gasteiger partial charge in [-0.15, -0.1) is 0 Å². The Labute approximate surface area is 211 Å². The van der Waals surface area contributed by atoms with E-state index in [1.807, 2.05) is 86.3 Å². The second kappa shape index (κ2) is 10.7. The maximum Gasteiger partial charge on any atom is 0.257 e. The first-order chi connectivity index (χ1) is 16.8. The molecule has 4 rings (SSSR count). The van der Waals surface area contributed by atoms with Crippen molar-refractivity contribution in [3.8, 4) is 0 Å². The van der Waals surface area contributed by atoms with Crippen LogP contribution >= 0.6 is 12.2 Å². The number of anilines is 2. The lowest BCUT2D eigenvalue weighted by Crippen LogP contribution is -2.48. The topological polar surface area (TPSA) is 64.7 Å². The van der Waals surface area contributed by atoms with Gasteiger partial charge in [0.15, 0.2) is 5.11 Å². The molecule has 2 amide bonds. The Morgan fingerprint density at radius 3 is 2.03 bits per heavy atom. The zero-order valence-corrected chi connectivity index (χ0v) is 21.1. The highest BCUT2D eigenvalue weighted by Crippen LogP contribution is 2.20. The predicted molar refractivity (Wildman–Crippen MR) is 145 cm³/mol. The number of thiocarbonyl (C=S) groups is 1. The highest BCUT2D eigenvalue weighted by atomic mass is 32.1. The van der Waals surface area contributed by atoms with Crippen LogP contribution in [0.4, 0.5) is 11.4 Å². The smallest absolute Gasteiger partial charge is 0.257 e. The average Bonchev–Trinajstić information content (AvgIpc) is 2.86. The van der Waals surface area contributed by atoms with Gasteiger partial charge in [0, 0.05) is 48.7 Å². The maximum absolute atomic E-state index is 12.8. The van der Waals surface area contributed by atoms with Crippen LogP contribution in [0.3, 0.4) is 0 Å². The standard InChI is InChI=1S/C28H30N4O2S/c1-19-4-7-22(8-5-19)27(34)32-16-14-31(15-17-32)25-12-10-24(11-13-25)29-28(35)30-26(33)23-9-6-20(2)21(3)18-23/h4-13,18H,14-17H2,1-3H3,(H2,29,30,33,35). The van der Waals surface area contributed by atoms with E-state index in [2.05, 4.69) is 15.5 Å². The first-order valence-corrected chi connectivity index (χ1v) is 12.1. The molecule has 7 heteroatoms. The number of nitrogens with zero attached hydrogens (tertiary/aromatic N) is 2. The first kappa shape index (κ1) is 24.4. The van der Waals surface area contributed by atoms with Crippen LogP contribution in [-0.2, 0) is 0 Å². The summed E-state index contributed by atoms with van der Waals surface area (Å²) in [6.07, 6.45) is 0. The zero-order valence-electron chi connectivity index (χ0n) is 20.3. The van der Waals surface area contributed by atoms with Gasteiger partial charge in [0.1, 0.15) is 0 Å². The van der Waals surface area contributed by atoms with Crippen LogP contribution < -0.4 is 15.5 Å². The fourth-order valence-corrected chi connectivity index (χ4v) is 4.23. The Morgan fingerprint density at radius 2 is 1.40 bits per heavy atom. The molecule has 0 bridgehead atoms. The van der Waals surface area contributed by atoms with Gasteiger partial charge < -0.3 is 15.1 Å². The van der Waals surface area contributed by atoms with Gasteiger partial charge in [0.05, 0.1) is 0 Å². The minimum Gasteiger partial charge on any atom is -0.368 e. The molecule has 0 unspecified atom stereocenters. The van der Waals surface area contributed by atoms with Gasteiger partial charge in [0.2, 0.25) is 0 Å². The van der Waals surface area contributed by atoms with Gasteiger partial charge in [-0.2, -0.15) is 0 Å². The van der Waals surface area contributed by atoms with Gasteiger partial charge in [-0.1, -0.05) is 23.8 Å². The fraction of sp³-hybridized carbons (Fsp3) is 0.250. The number of benzene rings is 3. The van der Waals surface area contributed by atoms with Crippen LogP contribution in [-0.4, -0.2) is 48.0 Å². The van der Waals surface area contributed by atoms with E-state index in [9.17, 15) is 9.59 Å². The molecule has 0 saturated carbocycles. The number of aryl methyl sites for hydroxylation is 3. The van der Waals surface area contributed by atoms with Crippen LogP contribution in [0.5, 0.6) is 0 Å². The lowest BCUT2D eigenvalue weighted by Gasteiger charge is -2.36. The van der Waals surface area contributed by atoms with Crippen molar-refractivity contribution >= 4 is 40.5 Å². The van der Waals surface area contributed by atoms with Crippen LogP contribution in [0.25, 0.3) is 0 Å². The van der Waals surface area contributed by atoms with Crippen molar-refractivity contribution in [1.82, 2.24) is 10.2 Å². The Morgan fingerprint density at radius 1 is 0.771 bits per heavy atom. The van der Waals surface area contributed by atoms with Crippen molar-refractivity contribution in [3.05, 3.63) is 94.5 Å². The summed E-state index contributed by atoms with van der Waals surface area (Å²) in [5, 5.41) is 6.06. The predicted octanol–water partition coefficient (Wildman–Crippen LogP) is 4.70. The van der Waals surface area contributed by atoms with Crippen LogP contribution in [0.2, 0.25) is 0 Å². The zero-order chi connectivity index (χ0) is 24.9. The SMILES string of the molecule is Cc1ccc(C(=O)N2CCN(c3ccc(NC(=S)NC(=O)c4ccc(C)c(C)c4)cc3)CC2)cc1. The van der Waals surface area contributed by atoms with Crippen molar-refractivity contribution in [1.29, 1.82) is 0 Å². The van der Waals surface area contributed by atoms with Crippen molar-refractivity contribution in [2.75, 3.05) is 36.4 Å². The Hall–Kier alpha value is -3.71. The largest absolute Gasteiger partial charge is 0.368 e. The molecule has 1 fully saturated rings. The van der Waals surface area contributed by atoms with Gasteiger partial charge >= 0.3 is 0 Å². The van der Waals surface area contributed by atoms with Gasteiger partial charge in [-0.05, 0) is 92.6 Å². The molecule has 1 saturated heterocycles. The molecule has 0 aromatic heterocycles. The number of nitrogens with one attached hydrogen (secondary N) is 2. The molecular formula is C28H30N4O2S. The summed E-state index contributed by atoms with van der Waals surface area (Å²) >= 11 is 5.32. The molecule has 1 heterocycles. The van der Waals surface area contributed by atoms with Crippen LogP contribution in [0.15, 0.2) is 66.7 Å². The molecule has 3 aromatic carbocycles. The maximum atomic E-state index is 12.8. The summed E-state index contributed by atoms with van der Waals surface area (Å²) in [7, 11) is 0. The first-order valence-electron chi connectivity index (χ1n) is 11.7. The molecule has 2 N–H and O–H groups in total. The van der Waals surface area contributed by atoms with Crippen molar-refractivity contribution < 1.29 is 9.59 Å². The number of hydrogen-bond acceptors (Lipinski definition) is 4. The lowest BCUT2D eigenvalue weighted by molar-refractivity contribution is 0.0746. The molecule has 0 atom stereocenters. The number of amides is 2. The van der Waals surface area contributed by atoms with Gasteiger partial charge in [0.25, 0.3) is 11.8 Å². The summed E-state index contributed by atoms with van der Waals surface area (Å²) in [5.74, 6) is -0.152. The number of rotatable bonds is 4. The third kappa shape index (κ3) is 6.05. The molecule has 0 spiro atoms. The quantitative estimate of drug-likeness (QED) is 0.524. The molecular weight excluding hydrogens is 456 g/mol. The second-order valence-corrected chi connectivity index (χ2v) is 9.31. The monoisotopic (exact) mass is 486 g/mol. The Balaban J connectivity index is 1.28. The van der Waals surface area contributed by atoms with E-state index in [4.69, 9.17) is 12.2 Å². The minimum atomic E-state index is -0.236. The Kier molecular flexibility index (Phi) is 7.46. The van der Waals surface area contributed by atoms with Gasteiger partial charge in [-0.3, -0.25) is 14.9 Å². The average molecular weight is 487 g/mol. The van der Waals surface area contributed by atoms with E-state index in [0.29, 0.717) is 18.7 Å². The molecule has 35 heavy (non-hydrogen) atoms. The number of hydrogen-bond donors (Lipinski definition) is 2. The van der Waals surface area contributed by atoms with E-state index in [0.717, 1.165) is 46.7 Å². The number of piperazine rings is 1. The normalized spacial score (nSPS) is 13.3. The molecule has 0 aliphatic carbocycles. The summed E-state index contributed by atoms with van der Waals surface area (Å²) in [5.41, 5.74) is 6.55. The molecule has 0 radical (unpaired) electrons. The molecule has 3 aromatic rings. The van der Waals surface area contributed by atoms with Crippen molar-refractivity contribution in [2.24, 2.45) is 0 Å². The van der Waals surface area contributed by atoms with E-state index < -0.39 is 0 Å². The van der Waals surface area contributed by atoms with Crippen LogP contribution in [0, 0.1) is 20.8 Å². The summed E-state index contributed by atoms with van der Waals surface area (Å²) in [4.78, 5) is 29.4. The highest BCUT2D eigenvalue weighted by Gasteiger charge is 2.22. The summed E-state index contributed by atoms with van der Waals surface area (Å²) in [6, 6.07) is 21.2. The van der Waals surface area contributed by atoms with E-state index in [1.54, 1.807) is 6.07 Å². The molecule has 180 valence electrons. The molecule has 1 aliphatic rings. The van der Waals surface area contributed by atoms with E-state index >= 15 is 0 Å². The third-order valence-electron chi connectivity index (χ3n) is 6.35. The van der Waals surface area contributed by atoms with E-state index in [1.165, 1.54) is 0 Å². The lowest BCUT2D eigenvalue weighted by atomic mass is 10.1. The van der Waals surface area contributed by atoms with Crippen LogP contribution in [0.1, 0.15) is 37.4 Å². The van der Waals surface area contributed by atoms with Crippen molar-refractivity contribution in [3.63, 3.8) is 0 Å². The second-order valence-electron chi connectivity index (χ2n) is 8.90. The highest BCUT2D eigenvalue weighted by molar-refractivity contribution is 7.80. The molecule has 1 aliphatic heterocycles. The summed E-state index contributed by atoms with van der Waals surface area (Å²) in [6.45, 7) is 8.92. The number of carbonyl (C=O) groups is 2. The van der Waals surface area contributed by atoms with Gasteiger partial charge in [-0.25, -0.2) is 0 Å². The molecule has 6 nitrogen and oxygen atoms in total. The minimum absolute atomic E-state index is 0.0838. The third-order valence-corrected chi connectivity index (χ3v) is 6.56. The Bertz CT molecular complexity index is 1230. The van der Waals surface area contributed by atoms with Crippen molar-refractivity contribution in [2.45, 2.75) is 20.8 Å². The fourth-order valence-electron chi connectivity index (χ4n) is 4.02.